The fourth-order valence-corrected chi connectivity index (χ4v) is 2.58. The summed E-state index contributed by atoms with van der Waals surface area (Å²) < 4.78 is 6.56. The molecule has 4 rings (SSSR count). The van der Waals surface area contributed by atoms with E-state index in [9.17, 15) is 0 Å². The molecule has 0 aliphatic heterocycles. The van der Waals surface area contributed by atoms with Crippen molar-refractivity contribution in [3.05, 3.63) is 65.9 Å². The van der Waals surface area contributed by atoms with Crippen molar-refractivity contribution in [3.63, 3.8) is 0 Å². The minimum atomic E-state index is 0.292. The van der Waals surface area contributed by atoms with Gasteiger partial charge in [-0.05, 0) is 48.5 Å². The van der Waals surface area contributed by atoms with Crippen LogP contribution < -0.4 is 10.5 Å². The average molecular weight is 407 g/mol. The molecule has 4 aromatic rings. The van der Waals surface area contributed by atoms with Crippen molar-refractivity contribution in [2.75, 3.05) is 12.8 Å². The normalized spacial score (nSPS) is 11.7. The lowest BCUT2D eigenvalue weighted by atomic mass is 10.3. The van der Waals surface area contributed by atoms with Gasteiger partial charge in [0.15, 0.2) is 17.2 Å². The van der Waals surface area contributed by atoms with Crippen LogP contribution >= 0.6 is 11.6 Å². The number of aromatic nitrogens is 3. The first kappa shape index (κ1) is 18.5. The third kappa shape index (κ3) is 4.04. The second-order valence-corrected chi connectivity index (χ2v) is 6.30. The number of methoxy groups -OCH3 is 1. The molecule has 0 atom stereocenters. The Kier molecular flexibility index (Phi) is 5.12. The number of azo groups is 2. The van der Waals surface area contributed by atoms with Gasteiger partial charge in [0.2, 0.25) is 0 Å². The van der Waals surface area contributed by atoms with Crippen LogP contribution in [0.15, 0.2) is 81.4 Å². The number of hydrogen-bond donors (Lipinski definition) is 1. The zero-order chi connectivity index (χ0) is 20.2. The molecule has 0 aliphatic carbocycles. The predicted molar refractivity (Wildman–Crippen MR) is 110 cm³/mol. The number of hydrogen-bond acceptors (Lipinski definition) is 8. The summed E-state index contributed by atoms with van der Waals surface area (Å²) in [6.07, 6.45) is 3.04. The van der Waals surface area contributed by atoms with E-state index in [4.69, 9.17) is 22.1 Å². The van der Waals surface area contributed by atoms with E-state index < -0.39 is 0 Å². The van der Waals surface area contributed by atoms with Crippen LogP contribution in [0, 0.1) is 0 Å². The summed E-state index contributed by atoms with van der Waals surface area (Å²) in [4.78, 5) is 4.34. The molecule has 0 bridgehead atoms. The molecule has 0 unspecified atom stereocenters. The number of halogens is 1. The molecule has 0 fully saturated rings. The summed E-state index contributed by atoms with van der Waals surface area (Å²) in [7, 11) is 1.60. The summed E-state index contributed by atoms with van der Waals surface area (Å²) in [5.41, 5.74) is 8.81. The number of anilines is 1. The maximum atomic E-state index is 6.17. The number of rotatable bonds is 5. The second-order valence-electron chi connectivity index (χ2n) is 5.87. The highest BCUT2D eigenvalue weighted by Gasteiger charge is 2.11. The highest BCUT2D eigenvalue weighted by molar-refractivity contribution is 6.30. The monoisotopic (exact) mass is 406 g/mol. The van der Waals surface area contributed by atoms with E-state index in [1.54, 1.807) is 55.6 Å². The molecule has 2 aromatic heterocycles. The van der Waals surface area contributed by atoms with Crippen molar-refractivity contribution in [1.82, 2.24) is 14.6 Å². The highest BCUT2D eigenvalue weighted by atomic mass is 35.5. The molecule has 0 spiro atoms. The molecule has 0 radical (unpaired) electrons. The molecule has 2 heterocycles. The standard InChI is InChI=1S/C19H15ClN8O/c1-29-15-8-6-14(7-9-15)24-26-16-10-22-19-17(11-23-28(19)18(16)21)27-25-13-4-2-12(20)3-5-13/h2-11H,21H2,1H3. The van der Waals surface area contributed by atoms with Gasteiger partial charge in [-0.15, -0.1) is 10.2 Å². The van der Waals surface area contributed by atoms with Gasteiger partial charge in [0.25, 0.3) is 0 Å². The van der Waals surface area contributed by atoms with Gasteiger partial charge in [0, 0.05) is 5.02 Å². The second kappa shape index (κ2) is 8.03. The van der Waals surface area contributed by atoms with Crippen molar-refractivity contribution in [1.29, 1.82) is 0 Å². The van der Waals surface area contributed by atoms with Gasteiger partial charge in [0.1, 0.15) is 11.4 Å². The average Bonchev–Trinajstić information content (AvgIpc) is 3.17. The molecular weight excluding hydrogens is 392 g/mol. The van der Waals surface area contributed by atoms with Crippen LogP contribution in [0.25, 0.3) is 5.65 Å². The molecule has 10 heteroatoms. The molecular formula is C19H15ClN8O. The van der Waals surface area contributed by atoms with Gasteiger partial charge >= 0.3 is 0 Å². The van der Waals surface area contributed by atoms with Crippen molar-refractivity contribution >= 4 is 45.8 Å². The maximum Gasteiger partial charge on any atom is 0.185 e. The largest absolute Gasteiger partial charge is 0.497 e. The molecule has 0 aliphatic rings. The van der Waals surface area contributed by atoms with Gasteiger partial charge in [-0.3, -0.25) is 0 Å². The van der Waals surface area contributed by atoms with E-state index >= 15 is 0 Å². The van der Waals surface area contributed by atoms with Crippen molar-refractivity contribution in [3.8, 4) is 5.75 Å². The topological polar surface area (TPSA) is 115 Å². The number of ether oxygens (including phenoxy) is 1. The van der Waals surface area contributed by atoms with Crippen LogP contribution in [0.5, 0.6) is 5.75 Å². The Balaban J connectivity index is 1.59. The summed E-state index contributed by atoms with van der Waals surface area (Å²) in [6, 6.07) is 14.2. The van der Waals surface area contributed by atoms with Gasteiger partial charge in [-0.2, -0.15) is 19.8 Å². The Morgan fingerprint density at radius 3 is 2.14 bits per heavy atom. The fourth-order valence-electron chi connectivity index (χ4n) is 2.45. The molecule has 9 nitrogen and oxygen atoms in total. The fraction of sp³-hybridized carbons (Fsp3) is 0.0526. The first-order chi connectivity index (χ1) is 14.1. The first-order valence-electron chi connectivity index (χ1n) is 8.49. The molecule has 29 heavy (non-hydrogen) atoms. The lowest BCUT2D eigenvalue weighted by Gasteiger charge is -2.02. The van der Waals surface area contributed by atoms with Crippen LogP contribution in [0.3, 0.4) is 0 Å². The smallest absolute Gasteiger partial charge is 0.185 e. The van der Waals surface area contributed by atoms with Crippen molar-refractivity contribution < 1.29 is 4.74 Å². The van der Waals surface area contributed by atoms with Crippen LogP contribution in [-0.2, 0) is 0 Å². The molecule has 2 N–H and O–H groups in total. The van der Waals surface area contributed by atoms with Crippen LogP contribution in [-0.4, -0.2) is 21.7 Å². The Morgan fingerprint density at radius 1 is 0.862 bits per heavy atom. The SMILES string of the molecule is COc1ccc(N=Nc2cnc3c(N=Nc4ccc(Cl)cc4)cnn3c2N)cc1. The third-order valence-corrected chi connectivity index (χ3v) is 4.22. The van der Waals surface area contributed by atoms with E-state index in [1.807, 2.05) is 0 Å². The molecule has 0 amide bonds. The summed E-state index contributed by atoms with van der Waals surface area (Å²) in [6.45, 7) is 0. The molecule has 144 valence electrons. The highest BCUT2D eigenvalue weighted by Crippen LogP contribution is 2.29. The minimum Gasteiger partial charge on any atom is -0.497 e. The first-order valence-corrected chi connectivity index (χ1v) is 8.87. The van der Waals surface area contributed by atoms with E-state index in [0.29, 0.717) is 39.2 Å². The van der Waals surface area contributed by atoms with E-state index in [1.165, 1.54) is 16.9 Å². The summed E-state index contributed by atoms with van der Waals surface area (Å²) in [5.74, 6) is 1.03. The number of fused-ring (bicyclic) bond motifs is 1. The number of benzene rings is 2. The molecule has 2 aromatic carbocycles. The Morgan fingerprint density at radius 2 is 1.48 bits per heavy atom. The van der Waals surface area contributed by atoms with Crippen LogP contribution in [0.1, 0.15) is 0 Å². The number of nitrogens with zero attached hydrogens (tertiary/aromatic N) is 7. The van der Waals surface area contributed by atoms with Gasteiger partial charge in [0.05, 0.1) is 30.9 Å². The Bertz CT molecular complexity index is 1200. The zero-order valence-corrected chi connectivity index (χ0v) is 16.0. The van der Waals surface area contributed by atoms with Gasteiger partial charge in [-0.1, -0.05) is 11.6 Å². The number of nitrogens with two attached hydrogens (primary N) is 1. The number of nitrogen functional groups attached to an aromatic ring is 1. The van der Waals surface area contributed by atoms with E-state index in [0.717, 1.165) is 5.75 Å². The third-order valence-electron chi connectivity index (χ3n) is 3.97. The molecule has 0 saturated carbocycles. The lowest BCUT2D eigenvalue weighted by Crippen LogP contribution is -1.99. The van der Waals surface area contributed by atoms with Crippen LogP contribution in [0.4, 0.5) is 28.6 Å². The predicted octanol–water partition coefficient (Wildman–Crippen LogP) is 5.80. The van der Waals surface area contributed by atoms with Crippen molar-refractivity contribution in [2.24, 2.45) is 20.5 Å². The maximum absolute atomic E-state index is 6.17. The van der Waals surface area contributed by atoms with Gasteiger partial charge in [-0.25, -0.2) is 4.98 Å². The summed E-state index contributed by atoms with van der Waals surface area (Å²) in [5, 5.41) is 21.5. The van der Waals surface area contributed by atoms with Gasteiger partial charge < -0.3 is 10.5 Å². The lowest BCUT2D eigenvalue weighted by molar-refractivity contribution is 0.415. The van der Waals surface area contributed by atoms with E-state index in [2.05, 4.69) is 30.5 Å². The Labute approximate surface area is 170 Å². The minimum absolute atomic E-state index is 0.292. The quantitative estimate of drug-likeness (QED) is 0.421. The summed E-state index contributed by atoms with van der Waals surface area (Å²) >= 11 is 5.87. The van der Waals surface area contributed by atoms with Crippen molar-refractivity contribution in [2.45, 2.75) is 0 Å². The molecule has 0 saturated heterocycles. The van der Waals surface area contributed by atoms with Crippen LogP contribution in [0.2, 0.25) is 5.02 Å². The zero-order valence-electron chi connectivity index (χ0n) is 15.3. The Hall–Kier alpha value is -3.85. The van der Waals surface area contributed by atoms with E-state index in [-0.39, 0.29) is 0 Å².